The third-order valence-electron chi connectivity index (χ3n) is 6.04. The zero-order valence-corrected chi connectivity index (χ0v) is 20.1. The highest BCUT2D eigenvalue weighted by Crippen LogP contribution is 2.38. The second-order valence-electron chi connectivity index (χ2n) is 8.23. The highest BCUT2D eigenvalue weighted by Gasteiger charge is 2.42. The molecule has 34 heavy (non-hydrogen) atoms. The molecule has 2 amide bonds. The number of thioether (sulfide) groups is 1. The zero-order chi connectivity index (χ0) is 23.5. The summed E-state index contributed by atoms with van der Waals surface area (Å²) in [7, 11) is 0. The molecule has 5 nitrogen and oxygen atoms in total. The summed E-state index contributed by atoms with van der Waals surface area (Å²) >= 11 is 7.38. The lowest BCUT2D eigenvalue weighted by Crippen LogP contribution is -2.47. The van der Waals surface area contributed by atoms with Gasteiger partial charge in [0.25, 0.3) is 11.8 Å². The van der Waals surface area contributed by atoms with Crippen LogP contribution in [0.15, 0.2) is 100 Å². The summed E-state index contributed by atoms with van der Waals surface area (Å²) in [5, 5.41) is 0.634. The van der Waals surface area contributed by atoms with Gasteiger partial charge in [0.2, 0.25) is 0 Å². The molecule has 0 atom stereocenters. The van der Waals surface area contributed by atoms with E-state index >= 15 is 0 Å². The number of hydrogen-bond acceptors (Lipinski definition) is 5. The van der Waals surface area contributed by atoms with Crippen LogP contribution < -0.4 is 4.90 Å². The number of anilines is 1. The molecule has 7 heteroatoms. The molecule has 2 aliphatic heterocycles. The van der Waals surface area contributed by atoms with Gasteiger partial charge >= 0.3 is 0 Å². The number of carbonyl (C=O) groups is 2. The van der Waals surface area contributed by atoms with Crippen LogP contribution in [-0.2, 0) is 16.1 Å². The van der Waals surface area contributed by atoms with Gasteiger partial charge in [-0.15, -0.1) is 0 Å². The lowest BCUT2D eigenvalue weighted by atomic mass is 10.2. The standard InChI is InChI=1S/C27H24ClN3O2S/c28-21-11-13-23(14-12-21)34-25-24(26(32)31(27(25)33)19-20-7-3-1-4-8-20)30-17-15-29(16-18-30)22-9-5-2-6-10-22/h1-14H,15-19H2. The third kappa shape index (κ3) is 4.69. The van der Waals surface area contributed by atoms with E-state index in [4.69, 9.17) is 11.6 Å². The van der Waals surface area contributed by atoms with Crippen molar-refractivity contribution in [1.82, 2.24) is 9.80 Å². The number of benzene rings is 3. The first-order chi connectivity index (χ1) is 16.6. The van der Waals surface area contributed by atoms with Crippen LogP contribution in [0.4, 0.5) is 5.69 Å². The molecule has 1 fully saturated rings. The summed E-state index contributed by atoms with van der Waals surface area (Å²) in [6, 6.07) is 27.3. The van der Waals surface area contributed by atoms with Crippen molar-refractivity contribution in [3.63, 3.8) is 0 Å². The van der Waals surface area contributed by atoms with Crippen LogP contribution in [0.25, 0.3) is 0 Å². The number of hydrogen-bond donors (Lipinski definition) is 0. The molecule has 0 saturated carbocycles. The second-order valence-corrected chi connectivity index (χ2v) is 9.75. The van der Waals surface area contributed by atoms with Crippen molar-refractivity contribution < 1.29 is 9.59 Å². The van der Waals surface area contributed by atoms with Crippen molar-refractivity contribution in [3.8, 4) is 0 Å². The van der Waals surface area contributed by atoms with Crippen molar-refractivity contribution in [2.75, 3.05) is 31.1 Å². The first-order valence-corrected chi connectivity index (χ1v) is 12.4. The van der Waals surface area contributed by atoms with E-state index in [1.807, 2.05) is 60.7 Å². The number of amides is 2. The molecule has 1 saturated heterocycles. The van der Waals surface area contributed by atoms with Gasteiger partial charge in [0.15, 0.2) is 0 Å². The van der Waals surface area contributed by atoms with Crippen LogP contribution in [0.5, 0.6) is 0 Å². The van der Waals surface area contributed by atoms with E-state index in [9.17, 15) is 9.59 Å². The molecular formula is C27H24ClN3O2S. The number of piperazine rings is 1. The van der Waals surface area contributed by atoms with Gasteiger partial charge in [0.1, 0.15) is 10.6 Å². The Morgan fingerprint density at radius 2 is 1.29 bits per heavy atom. The van der Waals surface area contributed by atoms with E-state index in [-0.39, 0.29) is 18.4 Å². The van der Waals surface area contributed by atoms with Crippen molar-refractivity contribution in [2.45, 2.75) is 11.4 Å². The molecule has 0 bridgehead atoms. The van der Waals surface area contributed by atoms with Gasteiger partial charge in [0, 0.05) is 41.8 Å². The van der Waals surface area contributed by atoms with Gasteiger partial charge in [-0.2, -0.15) is 0 Å². The van der Waals surface area contributed by atoms with Crippen LogP contribution in [0.3, 0.4) is 0 Å². The number of halogens is 1. The monoisotopic (exact) mass is 489 g/mol. The SMILES string of the molecule is O=C1C(Sc2ccc(Cl)cc2)=C(N2CCN(c3ccccc3)CC2)C(=O)N1Cc1ccccc1. The molecule has 0 N–H and O–H groups in total. The summed E-state index contributed by atoms with van der Waals surface area (Å²) in [6.07, 6.45) is 0. The summed E-state index contributed by atoms with van der Waals surface area (Å²) in [4.78, 5) is 34.2. The Bertz CT molecular complexity index is 1210. The van der Waals surface area contributed by atoms with E-state index in [0.717, 1.165) is 23.5 Å². The van der Waals surface area contributed by atoms with Gasteiger partial charge in [-0.3, -0.25) is 14.5 Å². The Balaban J connectivity index is 1.41. The fraction of sp³-hybridized carbons (Fsp3) is 0.185. The van der Waals surface area contributed by atoms with E-state index in [2.05, 4.69) is 21.9 Å². The van der Waals surface area contributed by atoms with Crippen LogP contribution >= 0.6 is 23.4 Å². The highest BCUT2D eigenvalue weighted by atomic mass is 35.5. The summed E-state index contributed by atoms with van der Waals surface area (Å²) in [5.41, 5.74) is 2.61. The topological polar surface area (TPSA) is 43.9 Å². The highest BCUT2D eigenvalue weighted by molar-refractivity contribution is 8.04. The number of imide groups is 1. The number of rotatable bonds is 6. The summed E-state index contributed by atoms with van der Waals surface area (Å²) in [6.45, 7) is 3.18. The van der Waals surface area contributed by atoms with E-state index in [0.29, 0.717) is 28.7 Å². The maximum absolute atomic E-state index is 13.6. The van der Waals surface area contributed by atoms with Crippen LogP contribution in [0, 0.1) is 0 Å². The summed E-state index contributed by atoms with van der Waals surface area (Å²) in [5.74, 6) is -0.465. The maximum Gasteiger partial charge on any atom is 0.278 e. The van der Waals surface area contributed by atoms with Crippen LogP contribution in [0.2, 0.25) is 5.02 Å². The zero-order valence-electron chi connectivity index (χ0n) is 18.6. The lowest BCUT2D eigenvalue weighted by Gasteiger charge is -2.37. The minimum atomic E-state index is -0.241. The van der Waals surface area contributed by atoms with Crippen molar-refractivity contribution in [1.29, 1.82) is 0 Å². The number of para-hydroxylation sites is 1. The van der Waals surface area contributed by atoms with Crippen molar-refractivity contribution >= 4 is 40.9 Å². The Morgan fingerprint density at radius 3 is 1.94 bits per heavy atom. The molecule has 0 unspecified atom stereocenters. The van der Waals surface area contributed by atoms with E-state index in [1.54, 1.807) is 12.1 Å². The van der Waals surface area contributed by atoms with E-state index in [1.165, 1.54) is 22.3 Å². The van der Waals surface area contributed by atoms with Crippen LogP contribution in [0.1, 0.15) is 5.56 Å². The number of carbonyl (C=O) groups excluding carboxylic acids is 2. The molecule has 0 aromatic heterocycles. The predicted molar refractivity (Wildman–Crippen MR) is 137 cm³/mol. The Hall–Kier alpha value is -3.22. The molecule has 2 heterocycles. The smallest absolute Gasteiger partial charge is 0.278 e. The quantitative estimate of drug-likeness (QED) is 0.454. The largest absolute Gasteiger partial charge is 0.368 e. The van der Waals surface area contributed by atoms with Gasteiger partial charge < -0.3 is 9.80 Å². The average molecular weight is 490 g/mol. The summed E-state index contributed by atoms with van der Waals surface area (Å²) < 4.78 is 0. The van der Waals surface area contributed by atoms with Crippen molar-refractivity contribution in [3.05, 3.63) is 106 Å². The van der Waals surface area contributed by atoms with Gasteiger partial charge in [-0.25, -0.2) is 0 Å². The molecule has 3 aromatic carbocycles. The minimum absolute atomic E-state index is 0.224. The first-order valence-electron chi connectivity index (χ1n) is 11.2. The maximum atomic E-state index is 13.6. The van der Waals surface area contributed by atoms with Gasteiger partial charge in [0.05, 0.1) is 6.54 Å². The van der Waals surface area contributed by atoms with E-state index < -0.39 is 0 Å². The Labute approximate surface area is 208 Å². The fourth-order valence-corrected chi connectivity index (χ4v) is 5.41. The number of nitrogens with zero attached hydrogens (tertiary/aromatic N) is 3. The molecular weight excluding hydrogens is 466 g/mol. The minimum Gasteiger partial charge on any atom is -0.368 e. The second kappa shape index (κ2) is 9.95. The van der Waals surface area contributed by atoms with Gasteiger partial charge in [-0.05, 0) is 42.0 Å². The predicted octanol–water partition coefficient (Wildman–Crippen LogP) is 5.03. The van der Waals surface area contributed by atoms with Gasteiger partial charge in [-0.1, -0.05) is 71.9 Å². The Kier molecular flexibility index (Phi) is 6.61. The normalized spacial score (nSPS) is 16.6. The van der Waals surface area contributed by atoms with Crippen molar-refractivity contribution in [2.24, 2.45) is 0 Å². The molecule has 0 aliphatic carbocycles. The Morgan fingerprint density at radius 1 is 0.706 bits per heavy atom. The third-order valence-corrected chi connectivity index (χ3v) is 7.37. The fourth-order valence-electron chi connectivity index (χ4n) is 4.27. The molecule has 3 aromatic rings. The molecule has 5 rings (SSSR count). The average Bonchev–Trinajstić information content (AvgIpc) is 3.11. The molecule has 2 aliphatic rings. The molecule has 172 valence electrons. The lowest BCUT2D eigenvalue weighted by molar-refractivity contribution is -0.138. The first kappa shape index (κ1) is 22.6. The molecule has 0 spiro atoms. The van der Waals surface area contributed by atoms with Crippen LogP contribution in [-0.4, -0.2) is 47.8 Å². The molecule has 0 radical (unpaired) electrons.